The number of anilines is 1. The van der Waals surface area contributed by atoms with Crippen molar-refractivity contribution in [3.63, 3.8) is 0 Å². The molecule has 11 nitrogen and oxygen atoms in total. The van der Waals surface area contributed by atoms with Gasteiger partial charge >= 0.3 is 6.09 Å². The van der Waals surface area contributed by atoms with E-state index in [4.69, 9.17) is 9.47 Å². The third-order valence-corrected chi connectivity index (χ3v) is 11.3. The van der Waals surface area contributed by atoms with E-state index in [0.717, 1.165) is 23.2 Å². The minimum atomic E-state index is -1.57. The third-order valence-electron chi connectivity index (χ3n) is 11.3. The Kier molecular flexibility index (Phi) is 8.36. The van der Waals surface area contributed by atoms with Crippen LogP contribution in [0, 0.1) is 30.6 Å². The van der Waals surface area contributed by atoms with Crippen LogP contribution in [-0.4, -0.2) is 51.8 Å². The van der Waals surface area contributed by atoms with Gasteiger partial charge in [0.1, 0.15) is 18.1 Å². The van der Waals surface area contributed by atoms with E-state index >= 15 is 4.79 Å². The molecule has 6 atom stereocenters. The second-order valence-electron chi connectivity index (χ2n) is 14.1. The van der Waals surface area contributed by atoms with Gasteiger partial charge in [-0.05, 0) is 55.0 Å². The number of ether oxygens (including phenoxy) is 2. The van der Waals surface area contributed by atoms with Crippen molar-refractivity contribution in [2.75, 3.05) is 12.5 Å². The van der Waals surface area contributed by atoms with Crippen molar-refractivity contribution in [2.45, 2.75) is 37.7 Å². The maximum Gasteiger partial charge on any atom is 0.423 e. The van der Waals surface area contributed by atoms with Crippen molar-refractivity contribution in [3.8, 4) is 11.5 Å². The Balaban J connectivity index is 1.29. The Morgan fingerprint density at radius 1 is 0.868 bits per heavy atom. The van der Waals surface area contributed by atoms with Crippen LogP contribution in [0.4, 0.5) is 10.5 Å². The maximum atomic E-state index is 15.3. The van der Waals surface area contributed by atoms with E-state index in [1.807, 2.05) is 73.7 Å². The summed E-state index contributed by atoms with van der Waals surface area (Å²) in [5.74, 6) is -6.65. The van der Waals surface area contributed by atoms with Gasteiger partial charge < -0.3 is 14.6 Å². The molecule has 2 saturated heterocycles. The van der Waals surface area contributed by atoms with Crippen molar-refractivity contribution in [1.82, 2.24) is 9.91 Å². The van der Waals surface area contributed by atoms with Crippen LogP contribution in [0.25, 0.3) is 0 Å². The first-order valence-electron chi connectivity index (χ1n) is 17.6. The molecule has 4 aromatic rings. The Labute approximate surface area is 305 Å². The summed E-state index contributed by atoms with van der Waals surface area (Å²) in [5, 5.41) is 13.0. The number of carbonyl (C=O) groups is 5. The quantitative estimate of drug-likeness (QED) is 0.174. The zero-order valence-corrected chi connectivity index (χ0v) is 29.1. The molecule has 2 heterocycles. The fraction of sp³-hybridized carbons (Fsp3) is 0.262. The first-order valence-corrected chi connectivity index (χ1v) is 17.6. The average molecular weight is 712 g/mol. The number of hydrazine groups is 1. The molecule has 4 aromatic carbocycles. The molecule has 2 N–H and O–H groups in total. The lowest BCUT2D eigenvalue weighted by Crippen LogP contribution is -2.53. The summed E-state index contributed by atoms with van der Waals surface area (Å²) < 4.78 is 10.8. The molecular formula is C42H37N3O8. The number of amides is 5. The number of allylic oxidation sites excluding steroid dienone is 2. The van der Waals surface area contributed by atoms with Crippen LogP contribution in [0.1, 0.15) is 41.0 Å². The molecule has 0 unspecified atom stereocenters. The molecule has 1 saturated carbocycles. The summed E-state index contributed by atoms with van der Waals surface area (Å²) in [7, 11) is 1.11. The molecule has 0 radical (unpaired) electrons. The first-order chi connectivity index (χ1) is 25.6. The highest BCUT2D eigenvalue weighted by Gasteiger charge is 2.71. The maximum absolute atomic E-state index is 15.3. The number of hydrogen-bond donors (Lipinski definition) is 2. The molecule has 0 bridgehead atoms. The predicted octanol–water partition coefficient (Wildman–Crippen LogP) is 6.03. The van der Waals surface area contributed by atoms with Crippen LogP contribution in [0.3, 0.4) is 0 Å². The Morgan fingerprint density at radius 3 is 2.25 bits per heavy atom. The second kappa shape index (κ2) is 13.1. The monoisotopic (exact) mass is 711 g/mol. The highest BCUT2D eigenvalue weighted by molar-refractivity contribution is 6.16. The summed E-state index contributed by atoms with van der Waals surface area (Å²) in [5.41, 5.74) is 5.53. The number of imide groups is 4. The smallest absolute Gasteiger partial charge is 0.423 e. The van der Waals surface area contributed by atoms with Gasteiger partial charge in [-0.2, -0.15) is 9.91 Å². The molecule has 268 valence electrons. The molecule has 3 fully saturated rings. The topological polar surface area (TPSA) is 143 Å². The van der Waals surface area contributed by atoms with E-state index in [1.54, 1.807) is 36.4 Å². The van der Waals surface area contributed by atoms with Gasteiger partial charge in [0.25, 0.3) is 11.8 Å². The van der Waals surface area contributed by atoms with Gasteiger partial charge in [-0.25, -0.2) is 4.79 Å². The molecule has 2 aliphatic carbocycles. The number of phenols is 1. The fourth-order valence-electron chi connectivity index (χ4n) is 8.96. The normalized spacial score (nSPS) is 26.1. The number of methoxy groups -OCH3 is 1. The van der Waals surface area contributed by atoms with Gasteiger partial charge in [0.05, 0.1) is 36.0 Å². The molecule has 2 aliphatic heterocycles. The third kappa shape index (κ3) is 5.29. The van der Waals surface area contributed by atoms with Crippen LogP contribution >= 0.6 is 0 Å². The zero-order chi connectivity index (χ0) is 37.0. The van der Waals surface area contributed by atoms with Gasteiger partial charge in [0.15, 0.2) is 0 Å². The average Bonchev–Trinajstić information content (AvgIpc) is 3.56. The van der Waals surface area contributed by atoms with Crippen LogP contribution in [-0.2, 0) is 35.9 Å². The van der Waals surface area contributed by atoms with E-state index in [-0.39, 0.29) is 25.2 Å². The van der Waals surface area contributed by atoms with Crippen molar-refractivity contribution in [1.29, 1.82) is 0 Å². The number of rotatable bonds is 7. The molecular weight excluding hydrogens is 674 g/mol. The van der Waals surface area contributed by atoms with Gasteiger partial charge in [0, 0.05) is 17.5 Å². The van der Waals surface area contributed by atoms with Crippen molar-refractivity contribution < 1.29 is 38.6 Å². The van der Waals surface area contributed by atoms with Crippen LogP contribution < -0.4 is 10.2 Å². The SMILES string of the molecule is COC(=O)N1C(=O)[C@H]2[C@H](CC=C3[C@H]2C[C@H]2C(=O)N(Nc4ccc(C)cc4)C(=O)[C@@]2(c2ccccc2)[C@H]3c2ccc(OCc3ccccc3)cc2O)C1=O. The first kappa shape index (κ1) is 33.9. The molecule has 8 rings (SSSR count). The van der Waals surface area contributed by atoms with E-state index < -0.39 is 64.7 Å². The lowest BCUT2D eigenvalue weighted by molar-refractivity contribution is -0.140. The summed E-state index contributed by atoms with van der Waals surface area (Å²) >= 11 is 0. The molecule has 0 aromatic heterocycles. The van der Waals surface area contributed by atoms with E-state index in [9.17, 15) is 24.3 Å². The lowest BCUT2D eigenvalue weighted by Gasteiger charge is -2.50. The fourth-order valence-corrected chi connectivity index (χ4v) is 8.96. The van der Waals surface area contributed by atoms with Crippen LogP contribution in [0.15, 0.2) is 115 Å². The van der Waals surface area contributed by atoms with E-state index in [0.29, 0.717) is 33.0 Å². The van der Waals surface area contributed by atoms with Crippen molar-refractivity contribution >= 4 is 35.4 Å². The molecule has 11 heteroatoms. The molecule has 53 heavy (non-hydrogen) atoms. The Morgan fingerprint density at radius 2 is 1.57 bits per heavy atom. The van der Waals surface area contributed by atoms with Crippen LogP contribution in [0.2, 0.25) is 0 Å². The number of phenolic OH excluding ortho intramolecular Hbond substituents is 1. The number of nitrogens with zero attached hydrogens (tertiary/aromatic N) is 2. The number of fused-ring (bicyclic) bond motifs is 4. The van der Waals surface area contributed by atoms with E-state index in [1.165, 1.54) is 6.07 Å². The largest absolute Gasteiger partial charge is 0.508 e. The standard InChI is InChI=1S/C42H37N3O8/c1-24-13-15-27(16-14-24)43-45-38(48)33-22-32-29(19-20-31-35(32)39(49)44(37(31)47)41(51)52-2)36(42(33,40(45)50)26-11-7-4-8-12-26)30-18-17-28(21-34(30)46)53-23-25-9-5-3-6-10-25/h3-19,21,31-33,35-36,43,46H,20,22-23H2,1-2H3/t31-,32+,33-,35-,36+,42+/m0/s1. The lowest BCUT2D eigenvalue weighted by atomic mass is 9.49. The number of hydrogen-bond acceptors (Lipinski definition) is 9. The van der Waals surface area contributed by atoms with Gasteiger partial charge in [-0.1, -0.05) is 96.1 Å². The Bertz CT molecular complexity index is 2170. The highest BCUT2D eigenvalue weighted by atomic mass is 16.5. The minimum absolute atomic E-state index is 0.0438. The number of aryl methyl sites for hydroxylation is 1. The second-order valence-corrected chi connectivity index (χ2v) is 14.1. The summed E-state index contributed by atoms with van der Waals surface area (Å²) in [6.45, 7) is 2.19. The Hall–Kier alpha value is -6.23. The number of likely N-dealkylation sites (tertiary alicyclic amines) is 1. The summed E-state index contributed by atoms with van der Waals surface area (Å²) in [6.07, 6.45) is 0.956. The number of nitrogens with one attached hydrogen (secondary N) is 1. The predicted molar refractivity (Wildman–Crippen MR) is 192 cm³/mol. The molecule has 4 aliphatic rings. The number of aromatic hydroxyl groups is 1. The number of benzene rings is 4. The minimum Gasteiger partial charge on any atom is -0.508 e. The summed E-state index contributed by atoms with van der Waals surface area (Å²) in [6, 6.07) is 30.8. The molecule has 5 amide bonds. The van der Waals surface area contributed by atoms with Crippen molar-refractivity contribution in [3.05, 3.63) is 137 Å². The van der Waals surface area contributed by atoms with E-state index in [2.05, 4.69) is 5.43 Å². The number of carbonyl (C=O) groups excluding carboxylic acids is 5. The van der Waals surface area contributed by atoms with Gasteiger partial charge in [0.2, 0.25) is 11.8 Å². The summed E-state index contributed by atoms with van der Waals surface area (Å²) in [4.78, 5) is 70.8. The molecule has 0 spiro atoms. The van der Waals surface area contributed by atoms with Gasteiger partial charge in [-0.15, -0.1) is 0 Å². The van der Waals surface area contributed by atoms with Crippen molar-refractivity contribution in [2.24, 2.45) is 23.7 Å². The highest BCUT2D eigenvalue weighted by Crippen LogP contribution is 2.65. The van der Waals surface area contributed by atoms with Gasteiger partial charge in [-0.3, -0.25) is 24.6 Å². The van der Waals surface area contributed by atoms with Crippen LogP contribution in [0.5, 0.6) is 11.5 Å². The zero-order valence-electron chi connectivity index (χ0n) is 29.1.